The second-order valence-corrected chi connectivity index (χ2v) is 5.43. The van der Waals surface area contributed by atoms with Crippen molar-refractivity contribution in [1.82, 2.24) is 4.98 Å². The van der Waals surface area contributed by atoms with Gasteiger partial charge in [-0.15, -0.1) is 0 Å². The Morgan fingerprint density at radius 1 is 1.31 bits per heavy atom. The van der Waals surface area contributed by atoms with Gasteiger partial charge in [-0.1, -0.05) is 0 Å². The fourth-order valence-corrected chi connectivity index (χ4v) is 2.55. The average Bonchev–Trinajstić information content (AvgIpc) is 2.87. The summed E-state index contributed by atoms with van der Waals surface area (Å²) in [4.78, 5) is 37.4. The van der Waals surface area contributed by atoms with E-state index in [2.05, 4.69) is 4.98 Å². The summed E-state index contributed by atoms with van der Waals surface area (Å²) in [5.41, 5.74) is 0.765. The van der Waals surface area contributed by atoms with Gasteiger partial charge in [-0.2, -0.15) is 0 Å². The number of aryl methyl sites for hydroxylation is 1. The molecule has 1 N–H and O–H groups in total. The average molecular weight is 364 g/mol. The van der Waals surface area contributed by atoms with E-state index >= 15 is 0 Å². The van der Waals surface area contributed by atoms with Crippen molar-refractivity contribution in [3.05, 3.63) is 56.6 Å². The summed E-state index contributed by atoms with van der Waals surface area (Å²) in [5.74, 6) is -2.17. The Balaban J connectivity index is 2.23. The van der Waals surface area contributed by atoms with E-state index in [1.807, 2.05) is 0 Å². The molecule has 1 heterocycles. The van der Waals surface area contributed by atoms with Gasteiger partial charge in [0.2, 0.25) is 5.78 Å². The maximum atomic E-state index is 13.3. The molecule has 0 spiro atoms. The Hall–Kier alpha value is -3.23. The van der Waals surface area contributed by atoms with Crippen LogP contribution in [0.5, 0.6) is 5.75 Å². The molecule has 138 valence electrons. The molecule has 0 aliphatic carbocycles. The molecule has 0 aliphatic heterocycles. The number of nitrogens with zero attached hydrogens (tertiary/aromatic N) is 1. The maximum Gasteiger partial charge on any atom is 0.355 e. The molecule has 0 unspecified atom stereocenters. The van der Waals surface area contributed by atoms with Crippen molar-refractivity contribution in [2.24, 2.45) is 0 Å². The van der Waals surface area contributed by atoms with Crippen molar-refractivity contribution < 1.29 is 28.4 Å². The molecule has 9 heteroatoms. The highest BCUT2D eigenvalue weighted by molar-refractivity contribution is 6.03. The Morgan fingerprint density at radius 3 is 2.62 bits per heavy atom. The number of ether oxygens (including phenoxy) is 2. The zero-order chi connectivity index (χ0) is 19.4. The number of esters is 1. The van der Waals surface area contributed by atoms with E-state index in [9.17, 15) is 24.1 Å². The molecule has 8 nitrogen and oxygen atoms in total. The Labute approximate surface area is 148 Å². The molecule has 1 aromatic carbocycles. The van der Waals surface area contributed by atoms with Crippen LogP contribution < -0.4 is 4.74 Å². The smallest absolute Gasteiger partial charge is 0.355 e. The molecule has 1 aromatic heterocycles. The summed E-state index contributed by atoms with van der Waals surface area (Å²) >= 11 is 0. The summed E-state index contributed by atoms with van der Waals surface area (Å²) in [5, 5.41) is 11.0. The highest BCUT2D eigenvalue weighted by atomic mass is 19.1. The molecule has 0 amide bonds. The number of aromatic nitrogens is 1. The monoisotopic (exact) mass is 364 g/mol. The minimum absolute atomic E-state index is 0.157. The summed E-state index contributed by atoms with van der Waals surface area (Å²) in [6.45, 7) is 4.48. The van der Waals surface area contributed by atoms with Gasteiger partial charge >= 0.3 is 11.7 Å². The maximum absolute atomic E-state index is 13.3. The second kappa shape index (κ2) is 7.77. The first-order valence-corrected chi connectivity index (χ1v) is 7.72. The SMILES string of the molecule is CCOC(=O)c1[nH]c(C)c(C(=O)COc2cc(F)ccc2[N+](=O)[O-])c1C. The predicted molar refractivity (Wildman–Crippen MR) is 89.1 cm³/mol. The van der Waals surface area contributed by atoms with Gasteiger partial charge in [-0.3, -0.25) is 14.9 Å². The number of H-pyrrole nitrogens is 1. The number of benzene rings is 1. The number of halogens is 1. The molecule has 0 bridgehead atoms. The first-order chi connectivity index (χ1) is 12.3. The number of hydrogen-bond acceptors (Lipinski definition) is 6. The number of ketones is 1. The lowest BCUT2D eigenvalue weighted by molar-refractivity contribution is -0.385. The number of carbonyl (C=O) groups is 2. The van der Waals surface area contributed by atoms with Crippen molar-refractivity contribution >= 4 is 17.4 Å². The third-order valence-corrected chi connectivity index (χ3v) is 3.67. The lowest BCUT2D eigenvalue weighted by Crippen LogP contribution is -2.14. The number of hydrogen-bond donors (Lipinski definition) is 1. The quantitative estimate of drug-likeness (QED) is 0.350. The van der Waals surface area contributed by atoms with Crippen LogP contribution in [0.15, 0.2) is 18.2 Å². The number of rotatable bonds is 7. The molecule has 0 saturated heterocycles. The highest BCUT2D eigenvalue weighted by Gasteiger charge is 2.24. The van der Waals surface area contributed by atoms with Gasteiger partial charge in [-0.25, -0.2) is 9.18 Å². The van der Waals surface area contributed by atoms with Gasteiger partial charge < -0.3 is 14.5 Å². The molecular weight excluding hydrogens is 347 g/mol. The molecule has 0 saturated carbocycles. The van der Waals surface area contributed by atoms with E-state index in [0.29, 0.717) is 11.3 Å². The third kappa shape index (κ3) is 3.88. The summed E-state index contributed by atoms with van der Waals surface area (Å²) in [7, 11) is 0. The van der Waals surface area contributed by atoms with Gasteiger partial charge in [-0.05, 0) is 32.4 Å². The zero-order valence-corrected chi connectivity index (χ0v) is 14.4. The number of Topliss-reactive ketones (excluding diaryl/α,β-unsaturated/α-hetero) is 1. The van der Waals surface area contributed by atoms with Crippen molar-refractivity contribution in [1.29, 1.82) is 0 Å². The lowest BCUT2D eigenvalue weighted by Gasteiger charge is -2.07. The van der Waals surface area contributed by atoms with E-state index in [1.165, 1.54) is 0 Å². The van der Waals surface area contributed by atoms with E-state index in [0.717, 1.165) is 18.2 Å². The molecule has 0 fully saturated rings. The Morgan fingerprint density at radius 2 is 2.00 bits per heavy atom. The van der Waals surface area contributed by atoms with Crippen LogP contribution >= 0.6 is 0 Å². The Bertz CT molecular complexity index is 874. The highest BCUT2D eigenvalue weighted by Crippen LogP contribution is 2.28. The standard InChI is InChI=1S/C17H17FN2O6/c1-4-25-17(22)16-9(2)15(10(3)19-16)13(21)8-26-14-7-11(18)5-6-12(14)20(23)24/h5-7,19H,4,8H2,1-3H3. The number of nitro groups is 1. The molecule has 0 aliphatic rings. The topological polar surface area (TPSA) is 112 Å². The van der Waals surface area contributed by atoms with Crippen LogP contribution in [-0.2, 0) is 4.74 Å². The minimum atomic E-state index is -0.731. The Kier molecular flexibility index (Phi) is 5.71. The molecule has 0 radical (unpaired) electrons. The van der Waals surface area contributed by atoms with Crippen molar-refractivity contribution in [2.75, 3.05) is 13.2 Å². The minimum Gasteiger partial charge on any atom is -0.478 e. The molecule has 26 heavy (non-hydrogen) atoms. The number of nitro benzene ring substituents is 1. The summed E-state index contributed by atoms with van der Waals surface area (Å²) in [6, 6.07) is 2.73. The van der Waals surface area contributed by atoms with Crippen molar-refractivity contribution in [3.63, 3.8) is 0 Å². The number of nitrogens with one attached hydrogen (secondary N) is 1. The van der Waals surface area contributed by atoms with E-state index in [1.54, 1.807) is 20.8 Å². The molecular formula is C17H17FN2O6. The predicted octanol–water partition coefficient (Wildman–Crippen LogP) is 3.12. The molecule has 2 aromatic rings. The van der Waals surface area contributed by atoms with Gasteiger partial charge in [0.25, 0.3) is 0 Å². The summed E-state index contributed by atoms with van der Waals surface area (Å²) < 4.78 is 23.4. The van der Waals surface area contributed by atoms with Crippen LogP contribution in [0, 0.1) is 29.8 Å². The fourth-order valence-electron chi connectivity index (χ4n) is 2.55. The van der Waals surface area contributed by atoms with E-state index in [4.69, 9.17) is 9.47 Å². The van der Waals surface area contributed by atoms with Gasteiger partial charge in [0.1, 0.15) is 11.5 Å². The fraction of sp³-hybridized carbons (Fsp3) is 0.294. The normalized spacial score (nSPS) is 10.5. The van der Waals surface area contributed by atoms with Gasteiger partial charge in [0.15, 0.2) is 12.4 Å². The van der Waals surface area contributed by atoms with Gasteiger partial charge in [0.05, 0.1) is 11.5 Å². The molecule has 0 atom stereocenters. The lowest BCUT2D eigenvalue weighted by atomic mass is 10.1. The zero-order valence-electron chi connectivity index (χ0n) is 14.4. The largest absolute Gasteiger partial charge is 0.478 e. The first kappa shape index (κ1) is 19.1. The van der Waals surface area contributed by atoms with Crippen LogP contribution in [0.2, 0.25) is 0 Å². The number of carbonyl (C=O) groups excluding carboxylic acids is 2. The van der Waals surface area contributed by atoms with Crippen molar-refractivity contribution in [2.45, 2.75) is 20.8 Å². The van der Waals surface area contributed by atoms with E-state index < -0.39 is 34.8 Å². The van der Waals surface area contributed by atoms with Crippen LogP contribution in [0.4, 0.5) is 10.1 Å². The van der Waals surface area contributed by atoms with Crippen LogP contribution in [0.1, 0.15) is 39.0 Å². The number of aromatic amines is 1. The third-order valence-electron chi connectivity index (χ3n) is 3.67. The van der Waals surface area contributed by atoms with Crippen LogP contribution in [-0.4, -0.2) is 34.9 Å². The first-order valence-electron chi connectivity index (χ1n) is 7.72. The van der Waals surface area contributed by atoms with E-state index in [-0.39, 0.29) is 23.6 Å². The van der Waals surface area contributed by atoms with Crippen LogP contribution in [0.25, 0.3) is 0 Å². The van der Waals surface area contributed by atoms with Gasteiger partial charge in [0, 0.05) is 23.4 Å². The summed E-state index contributed by atoms with van der Waals surface area (Å²) in [6.07, 6.45) is 0. The second-order valence-electron chi connectivity index (χ2n) is 5.43. The molecule has 2 rings (SSSR count). The van der Waals surface area contributed by atoms with Crippen molar-refractivity contribution in [3.8, 4) is 5.75 Å². The van der Waals surface area contributed by atoms with Crippen LogP contribution in [0.3, 0.4) is 0 Å².